The number of pyridine rings is 1. The second-order valence-corrected chi connectivity index (χ2v) is 5.89. The van der Waals surface area contributed by atoms with Crippen molar-refractivity contribution in [2.75, 3.05) is 6.54 Å². The van der Waals surface area contributed by atoms with Gasteiger partial charge in [-0.1, -0.05) is 6.07 Å². The van der Waals surface area contributed by atoms with Gasteiger partial charge in [0.25, 0.3) is 5.91 Å². The molecule has 1 aliphatic heterocycles. The summed E-state index contributed by atoms with van der Waals surface area (Å²) in [6.45, 7) is 0.724. The molecular formula is C15H14N2O3S. The molecule has 1 amide bonds. The average Bonchev–Trinajstić information content (AvgIpc) is 3.17. The molecule has 1 aliphatic rings. The van der Waals surface area contributed by atoms with Gasteiger partial charge in [-0.05, 0) is 36.4 Å². The molecule has 2 aromatic heterocycles. The zero-order chi connectivity index (χ0) is 14.8. The fourth-order valence-electron chi connectivity index (χ4n) is 2.60. The van der Waals surface area contributed by atoms with Gasteiger partial charge in [-0.15, -0.1) is 11.3 Å². The van der Waals surface area contributed by atoms with Crippen molar-refractivity contribution in [3.8, 4) is 0 Å². The lowest BCUT2D eigenvalue weighted by atomic mass is 10.1. The monoisotopic (exact) mass is 302 g/mol. The topological polar surface area (TPSA) is 70.5 Å². The number of aromatic carboxylic acids is 1. The second kappa shape index (κ2) is 5.65. The fraction of sp³-hybridized carbons (Fsp3) is 0.267. The van der Waals surface area contributed by atoms with Gasteiger partial charge in [0.05, 0.1) is 11.6 Å². The first kappa shape index (κ1) is 13.8. The van der Waals surface area contributed by atoms with Gasteiger partial charge in [-0.3, -0.25) is 4.79 Å². The van der Waals surface area contributed by atoms with Gasteiger partial charge in [0, 0.05) is 17.6 Å². The minimum atomic E-state index is -1.09. The van der Waals surface area contributed by atoms with E-state index in [-0.39, 0.29) is 17.6 Å². The molecule has 0 aromatic carbocycles. The number of carboxylic acid groups (broad SMARTS) is 1. The Morgan fingerprint density at radius 2 is 2.19 bits per heavy atom. The first-order chi connectivity index (χ1) is 10.2. The number of hydrogen-bond acceptors (Lipinski definition) is 4. The van der Waals surface area contributed by atoms with Crippen molar-refractivity contribution < 1.29 is 14.7 Å². The molecule has 0 unspecified atom stereocenters. The quantitative estimate of drug-likeness (QED) is 0.946. The predicted molar refractivity (Wildman–Crippen MR) is 78.5 cm³/mol. The zero-order valence-corrected chi connectivity index (χ0v) is 12.0. The van der Waals surface area contributed by atoms with Crippen LogP contribution in [0.2, 0.25) is 0 Å². The van der Waals surface area contributed by atoms with Crippen molar-refractivity contribution in [2.24, 2.45) is 0 Å². The molecule has 1 fully saturated rings. The van der Waals surface area contributed by atoms with Gasteiger partial charge in [0.1, 0.15) is 5.69 Å². The van der Waals surface area contributed by atoms with E-state index in [1.807, 2.05) is 22.4 Å². The van der Waals surface area contributed by atoms with Gasteiger partial charge in [-0.25, -0.2) is 9.78 Å². The number of nitrogens with zero attached hydrogens (tertiary/aromatic N) is 2. The van der Waals surface area contributed by atoms with E-state index in [1.165, 1.54) is 23.2 Å². The Morgan fingerprint density at radius 3 is 2.81 bits per heavy atom. The highest BCUT2D eigenvalue weighted by molar-refractivity contribution is 7.10. The highest BCUT2D eigenvalue weighted by Gasteiger charge is 2.31. The molecular weight excluding hydrogens is 288 g/mol. The molecule has 0 saturated carbocycles. The summed E-state index contributed by atoms with van der Waals surface area (Å²) < 4.78 is 0. The van der Waals surface area contributed by atoms with Crippen LogP contribution in [0.1, 0.15) is 44.6 Å². The lowest BCUT2D eigenvalue weighted by Crippen LogP contribution is -2.30. The SMILES string of the molecule is O=C(O)c1ccc(C(=O)N2CCC[C@H]2c2cccs2)cn1. The number of carbonyl (C=O) groups excluding carboxylic acids is 1. The highest BCUT2D eigenvalue weighted by atomic mass is 32.1. The molecule has 3 heterocycles. The molecule has 0 bridgehead atoms. The van der Waals surface area contributed by atoms with E-state index in [2.05, 4.69) is 4.98 Å². The summed E-state index contributed by atoms with van der Waals surface area (Å²) in [5.41, 5.74) is 0.381. The molecule has 1 atom stereocenters. The molecule has 0 aliphatic carbocycles. The number of amides is 1. The maximum atomic E-state index is 12.6. The maximum Gasteiger partial charge on any atom is 0.354 e. The van der Waals surface area contributed by atoms with Crippen LogP contribution in [0.3, 0.4) is 0 Å². The van der Waals surface area contributed by atoms with Crippen LogP contribution in [0.15, 0.2) is 35.8 Å². The van der Waals surface area contributed by atoms with Gasteiger partial charge in [0.2, 0.25) is 0 Å². The molecule has 108 valence electrons. The number of rotatable bonds is 3. The Hall–Kier alpha value is -2.21. The van der Waals surface area contributed by atoms with E-state index in [0.717, 1.165) is 19.4 Å². The zero-order valence-electron chi connectivity index (χ0n) is 11.2. The predicted octanol–water partition coefficient (Wildman–Crippen LogP) is 2.82. The van der Waals surface area contributed by atoms with E-state index in [9.17, 15) is 9.59 Å². The minimum Gasteiger partial charge on any atom is -0.477 e. The van der Waals surface area contributed by atoms with Gasteiger partial charge in [-0.2, -0.15) is 0 Å². The summed E-state index contributed by atoms with van der Waals surface area (Å²) in [5, 5.41) is 10.8. The third-order valence-corrected chi connectivity index (χ3v) is 4.59. The molecule has 1 N–H and O–H groups in total. The Kier molecular flexibility index (Phi) is 3.70. The van der Waals surface area contributed by atoms with Crippen LogP contribution in [0.4, 0.5) is 0 Å². The van der Waals surface area contributed by atoms with Gasteiger partial charge in [0.15, 0.2) is 0 Å². The van der Waals surface area contributed by atoms with Gasteiger partial charge >= 0.3 is 5.97 Å². The Balaban J connectivity index is 1.82. The van der Waals surface area contributed by atoms with Crippen molar-refractivity contribution in [2.45, 2.75) is 18.9 Å². The Bertz CT molecular complexity index is 652. The molecule has 1 saturated heterocycles. The molecule has 0 radical (unpaired) electrons. The van der Waals surface area contributed by atoms with Crippen molar-refractivity contribution in [1.29, 1.82) is 0 Å². The molecule has 21 heavy (non-hydrogen) atoms. The van der Waals surface area contributed by atoms with Crippen molar-refractivity contribution in [3.05, 3.63) is 52.0 Å². The van der Waals surface area contributed by atoms with Crippen LogP contribution in [-0.4, -0.2) is 33.4 Å². The summed E-state index contributed by atoms with van der Waals surface area (Å²) in [4.78, 5) is 30.2. The summed E-state index contributed by atoms with van der Waals surface area (Å²) in [5.74, 6) is -1.18. The first-order valence-corrected chi connectivity index (χ1v) is 7.58. The molecule has 2 aromatic rings. The smallest absolute Gasteiger partial charge is 0.354 e. The van der Waals surface area contributed by atoms with E-state index in [4.69, 9.17) is 5.11 Å². The van der Waals surface area contributed by atoms with Crippen LogP contribution < -0.4 is 0 Å². The van der Waals surface area contributed by atoms with Gasteiger partial charge < -0.3 is 10.0 Å². The lowest BCUT2D eigenvalue weighted by molar-refractivity contribution is 0.0686. The molecule has 3 rings (SSSR count). The van der Waals surface area contributed by atoms with Crippen LogP contribution in [0, 0.1) is 0 Å². The van der Waals surface area contributed by atoms with Crippen molar-refractivity contribution in [3.63, 3.8) is 0 Å². The number of hydrogen-bond donors (Lipinski definition) is 1. The molecule has 6 heteroatoms. The number of carboxylic acids is 1. The van der Waals surface area contributed by atoms with Crippen LogP contribution in [0.5, 0.6) is 0 Å². The number of thiophene rings is 1. The highest BCUT2D eigenvalue weighted by Crippen LogP contribution is 2.35. The van der Waals surface area contributed by atoms with Crippen LogP contribution in [-0.2, 0) is 0 Å². The second-order valence-electron chi connectivity index (χ2n) is 4.91. The maximum absolute atomic E-state index is 12.6. The van der Waals surface area contributed by atoms with Crippen LogP contribution >= 0.6 is 11.3 Å². The van der Waals surface area contributed by atoms with E-state index in [1.54, 1.807) is 11.3 Å². The van der Waals surface area contributed by atoms with Crippen molar-refractivity contribution in [1.82, 2.24) is 9.88 Å². The summed E-state index contributed by atoms with van der Waals surface area (Å²) in [6.07, 6.45) is 3.29. The summed E-state index contributed by atoms with van der Waals surface area (Å²) in [6, 6.07) is 7.06. The summed E-state index contributed by atoms with van der Waals surface area (Å²) in [7, 11) is 0. The van der Waals surface area contributed by atoms with E-state index >= 15 is 0 Å². The standard InChI is InChI=1S/C15H14N2O3S/c18-14(10-5-6-11(15(19)20)16-9-10)17-7-1-3-12(17)13-4-2-8-21-13/h2,4-6,8-9,12H,1,3,7H2,(H,19,20)/t12-/m0/s1. The summed E-state index contributed by atoms with van der Waals surface area (Å²) >= 11 is 1.66. The number of likely N-dealkylation sites (tertiary alicyclic amines) is 1. The minimum absolute atomic E-state index is 0.0530. The van der Waals surface area contributed by atoms with E-state index in [0.29, 0.717) is 5.56 Å². The first-order valence-electron chi connectivity index (χ1n) is 6.70. The van der Waals surface area contributed by atoms with Crippen LogP contribution in [0.25, 0.3) is 0 Å². The van der Waals surface area contributed by atoms with Crippen molar-refractivity contribution >= 4 is 23.2 Å². The normalized spacial score (nSPS) is 17.9. The Labute approximate surface area is 125 Å². The fourth-order valence-corrected chi connectivity index (χ4v) is 3.47. The number of aromatic nitrogens is 1. The lowest BCUT2D eigenvalue weighted by Gasteiger charge is -2.23. The average molecular weight is 302 g/mol. The third-order valence-electron chi connectivity index (χ3n) is 3.61. The largest absolute Gasteiger partial charge is 0.477 e. The molecule has 0 spiro atoms. The number of carbonyl (C=O) groups is 2. The Morgan fingerprint density at radius 1 is 1.33 bits per heavy atom. The molecule has 5 nitrogen and oxygen atoms in total. The van der Waals surface area contributed by atoms with E-state index < -0.39 is 5.97 Å². The third kappa shape index (κ3) is 2.67.